The highest BCUT2D eigenvalue weighted by molar-refractivity contribution is 7.19. The first-order chi connectivity index (χ1) is 15.5. The van der Waals surface area contributed by atoms with Gasteiger partial charge >= 0.3 is 12.1 Å². The number of fused-ring (bicyclic) bond motifs is 1. The second-order valence-corrected chi connectivity index (χ2v) is 9.61. The van der Waals surface area contributed by atoms with Gasteiger partial charge < -0.3 is 14.7 Å². The molecular formula is C25H24F3NO3S. The monoisotopic (exact) mass is 475 g/mol. The number of hydrogen-bond donors (Lipinski definition) is 1. The molecule has 0 bridgehead atoms. The van der Waals surface area contributed by atoms with Crippen molar-refractivity contribution in [1.29, 1.82) is 0 Å². The van der Waals surface area contributed by atoms with Gasteiger partial charge in [0.15, 0.2) is 5.60 Å². The lowest BCUT2D eigenvalue weighted by Gasteiger charge is -2.22. The standard InChI is InChI=1S/C25H24F3NO3S/c1-24(2,23(30)31)32-20-8-5-16-11-13-29(14-12-18(16)15-20)22-10-9-21(33-22)17-3-6-19(7-4-17)25(26,27)28/h3-10,15H,11-14H2,1-2H3,(H,30,31). The van der Waals surface area contributed by atoms with Gasteiger partial charge in [-0.25, -0.2) is 4.79 Å². The molecule has 33 heavy (non-hydrogen) atoms. The molecule has 0 spiro atoms. The lowest BCUT2D eigenvalue weighted by Crippen LogP contribution is -2.37. The number of benzene rings is 2. The van der Waals surface area contributed by atoms with Gasteiger partial charge in [0.1, 0.15) is 5.75 Å². The maximum atomic E-state index is 12.8. The summed E-state index contributed by atoms with van der Waals surface area (Å²) in [5.74, 6) is -0.486. The summed E-state index contributed by atoms with van der Waals surface area (Å²) in [6.07, 6.45) is -2.71. The predicted octanol–water partition coefficient (Wildman–Crippen LogP) is 6.28. The van der Waals surface area contributed by atoms with E-state index in [4.69, 9.17) is 4.74 Å². The molecule has 0 radical (unpaired) electrons. The highest BCUT2D eigenvalue weighted by Crippen LogP contribution is 2.37. The fourth-order valence-corrected chi connectivity index (χ4v) is 4.86. The number of alkyl halides is 3. The Balaban J connectivity index is 1.46. The zero-order valence-corrected chi connectivity index (χ0v) is 19.1. The van der Waals surface area contributed by atoms with Gasteiger partial charge in [-0.05, 0) is 79.8 Å². The van der Waals surface area contributed by atoms with E-state index in [0.29, 0.717) is 5.75 Å². The SMILES string of the molecule is CC(C)(Oc1ccc2c(c1)CCN(c1ccc(-c3ccc(C(F)(F)F)cc3)s1)CC2)C(=O)O. The summed E-state index contributed by atoms with van der Waals surface area (Å²) >= 11 is 1.56. The summed E-state index contributed by atoms with van der Waals surface area (Å²) in [6.45, 7) is 4.65. The van der Waals surface area contributed by atoms with Gasteiger partial charge in [0.2, 0.25) is 0 Å². The van der Waals surface area contributed by atoms with Crippen LogP contribution in [0.4, 0.5) is 18.2 Å². The summed E-state index contributed by atoms with van der Waals surface area (Å²) in [7, 11) is 0. The number of halogens is 3. The van der Waals surface area contributed by atoms with E-state index < -0.39 is 23.3 Å². The minimum atomic E-state index is -4.34. The van der Waals surface area contributed by atoms with Crippen molar-refractivity contribution in [3.63, 3.8) is 0 Å². The minimum Gasteiger partial charge on any atom is -0.478 e. The first kappa shape index (κ1) is 23.2. The third kappa shape index (κ3) is 5.16. The van der Waals surface area contributed by atoms with Crippen LogP contribution in [0.5, 0.6) is 5.75 Å². The van der Waals surface area contributed by atoms with E-state index in [0.717, 1.165) is 59.1 Å². The highest BCUT2D eigenvalue weighted by Gasteiger charge is 2.31. The third-order valence-electron chi connectivity index (χ3n) is 5.77. The Morgan fingerprint density at radius 3 is 2.27 bits per heavy atom. The molecule has 8 heteroatoms. The smallest absolute Gasteiger partial charge is 0.416 e. The van der Waals surface area contributed by atoms with Crippen LogP contribution in [0, 0.1) is 0 Å². The Kier molecular flexibility index (Phi) is 6.14. The zero-order chi connectivity index (χ0) is 23.8. The summed E-state index contributed by atoms with van der Waals surface area (Å²) in [5.41, 5.74) is 1.15. The fourth-order valence-electron chi connectivity index (χ4n) is 3.80. The number of anilines is 1. The van der Waals surface area contributed by atoms with Crippen molar-refractivity contribution >= 4 is 22.3 Å². The van der Waals surface area contributed by atoms with Gasteiger partial charge in [-0.1, -0.05) is 18.2 Å². The van der Waals surface area contributed by atoms with E-state index in [2.05, 4.69) is 4.90 Å². The molecule has 4 rings (SSSR count). The lowest BCUT2D eigenvalue weighted by atomic mass is 10.0. The molecule has 0 amide bonds. The Bertz CT molecular complexity index is 1150. The molecule has 0 aliphatic carbocycles. The second-order valence-electron chi connectivity index (χ2n) is 8.55. The maximum Gasteiger partial charge on any atom is 0.416 e. The molecule has 1 N–H and O–H groups in total. The van der Waals surface area contributed by atoms with Crippen LogP contribution in [0.15, 0.2) is 54.6 Å². The molecule has 3 aromatic rings. The Morgan fingerprint density at radius 2 is 1.64 bits per heavy atom. The molecule has 0 fully saturated rings. The molecular weight excluding hydrogens is 451 g/mol. The van der Waals surface area contributed by atoms with Crippen molar-refractivity contribution < 1.29 is 27.8 Å². The van der Waals surface area contributed by atoms with Crippen LogP contribution in [-0.2, 0) is 23.8 Å². The number of nitrogens with zero attached hydrogens (tertiary/aromatic N) is 1. The van der Waals surface area contributed by atoms with Crippen LogP contribution in [0.25, 0.3) is 10.4 Å². The maximum absolute atomic E-state index is 12.8. The molecule has 1 aliphatic rings. The number of carboxylic acid groups (broad SMARTS) is 1. The molecule has 0 saturated carbocycles. The molecule has 0 saturated heterocycles. The van der Waals surface area contributed by atoms with Crippen molar-refractivity contribution in [3.05, 3.63) is 71.3 Å². The van der Waals surface area contributed by atoms with E-state index in [1.807, 2.05) is 30.3 Å². The van der Waals surface area contributed by atoms with E-state index >= 15 is 0 Å². The van der Waals surface area contributed by atoms with Crippen LogP contribution < -0.4 is 9.64 Å². The highest BCUT2D eigenvalue weighted by atomic mass is 32.1. The van der Waals surface area contributed by atoms with Crippen molar-refractivity contribution in [1.82, 2.24) is 0 Å². The lowest BCUT2D eigenvalue weighted by molar-refractivity contribution is -0.152. The molecule has 2 heterocycles. The zero-order valence-electron chi connectivity index (χ0n) is 18.3. The summed E-state index contributed by atoms with van der Waals surface area (Å²) in [4.78, 5) is 14.6. The molecule has 1 aliphatic heterocycles. The second kappa shape index (κ2) is 8.74. The molecule has 4 nitrogen and oxygen atoms in total. The number of thiophene rings is 1. The number of hydrogen-bond acceptors (Lipinski definition) is 4. The largest absolute Gasteiger partial charge is 0.478 e. The van der Waals surface area contributed by atoms with Crippen LogP contribution in [-0.4, -0.2) is 29.8 Å². The van der Waals surface area contributed by atoms with Gasteiger partial charge in [0.05, 0.1) is 10.6 Å². The Hall–Kier alpha value is -3.00. The molecule has 1 aromatic heterocycles. The van der Waals surface area contributed by atoms with E-state index in [9.17, 15) is 23.1 Å². The summed E-state index contributed by atoms with van der Waals surface area (Å²) in [5, 5.41) is 10.4. The van der Waals surface area contributed by atoms with Crippen molar-refractivity contribution in [2.24, 2.45) is 0 Å². The number of carboxylic acids is 1. The van der Waals surface area contributed by atoms with Gasteiger partial charge in [-0.2, -0.15) is 13.2 Å². The first-order valence-corrected chi connectivity index (χ1v) is 11.4. The Labute approximate surface area is 194 Å². The van der Waals surface area contributed by atoms with Crippen LogP contribution in [0.2, 0.25) is 0 Å². The number of carbonyl (C=O) groups is 1. The quantitative estimate of drug-likeness (QED) is 0.472. The molecule has 0 unspecified atom stereocenters. The van der Waals surface area contributed by atoms with Crippen LogP contribution in [0.3, 0.4) is 0 Å². The van der Waals surface area contributed by atoms with Gasteiger partial charge in [-0.3, -0.25) is 0 Å². The minimum absolute atomic E-state index is 0.537. The van der Waals surface area contributed by atoms with Gasteiger partial charge in [0, 0.05) is 18.0 Å². The number of rotatable bonds is 5. The molecule has 0 atom stereocenters. The predicted molar refractivity (Wildman–Crippen MR) is 123 cm³/mol. The Morgan fingerprint density at radius 1 is 0.970 bits per heavy atom. The van der Waals surface area contributed by atoms with Crippen molar-refractivity contribution in [2.45, 2.75) is 38.5 Å². The molecule has 174 valence electrons. The van der Waals surface area contributed by atoms with E-state index in [1.165, 1.54) is 31.5 Å². The van der Waals surface area contributed by atoms with E-state index in [-0.39, 0.29) is 0 Å². The topological polar surface area (TPSA) is 49.8 Å². The van der Waals surface area contributed by atoms with E-state index in [1.54, 1.807) is 11.3 Å². The normalized spacial score (nSPS) is 14.5. The molecule has 2 aromatic carbocycles. The average molecular weight is 476 g/mol. The van der Waals surface area contributed by atoms with Crippen LogP contribution >= 0.6 is 11.3 Å². The first-order valence-electron chi connectivity index (χ1n) is 10.6. The number of aliphatic carboxylic acids is 1. The van der Waals surface area contributed by atoms with Gasteiger partial charge in [-0.15, -0.1) is 11.3 Å². The van der Waals surface area contributed by atoms with Gasteiger partial charge in [0.25, 0.3) is 0 Å². The van der Waals surface area contributed by atoms with Crippen molar-refractivity contribution in [2.75, 3.05) is 18.0 Å². The average Bonchev–Trinajstić information content (AvgIpc) is 3.14. The summed E-state index contributed by atoms with van der Waals surface area (Å²) in [6, 6.07) is 14.9. The summed E-state index contributed by atoms with van der Waals surface area (Å²) < 4.78 is 44.2. The fraction of sp³-hybridized carbons (Fsp3) is 0.320. The number of ether oxygens (including phenoxy) is 1. The van der Waals surface area contributed by atoms with Crippen molar-refractivity contribution in [3.8, 4) is 16.2 Å². The third-order valence-corrected chi connectivity index (χ3v) is 6.96. The van der Waals surface area contributed by atoms with Crippen LogP contribution in [0.1, 0.15) is 30.5 Å².